The van der Waals surface area contributed by atoms with E-state index in [1.165, 1.54) is 6.08 Å². The highest BCUT2D eigenvalue weighted by molar-refractivity contribution is 6.21. The van der Waals surface area contributed by atoms with Gasteiger partial charge in [0.05, 0.1) is 11.1 Å². The molecule has 2 aromatic rings. The number of carboxylic acid groups (broad SMARTS) is 1. The summed E-state index contributed by atoms with van der Waals surface area (Å²) in [5, 5.41) is 9.28. The van der Waals surface area contributed by atoms with Gasteiger partial charge in [0.2, 0.25) is 0 Å². The lowest BCUT2D eigenvalue weighted by Gasteiger charge is -2.09. The largest absolute Gasteiger partial charge is 0.478 e. The average Bonchev–Trinajstić information content (AvgIpc) is 2.45. The number of carbonyl (C=O) groups is 1. The van der Waals surface area contributed by atoms with Gasteiger partial charge in [0.25, 0.3) is 0 Å². The molecule has 0 atom stereocenters. The fraction of sp³-hybridized carbons (Fsp3) is 0.0625. The molecule has 2 aromatic carbocycles. The maximum Gasteiger partial charge on any atom is 0.416 e. The standard InChI is InChI=1S/C16H12F3NO2/c17-16(18,19)12-7-5-10(6-8-12)13(15(21)22)9-11-3-1-2-4-14(11)20/h1-9H,20H2,(H,21,22)/b13-9-. The van der Waals surface area contributed by atoms with E-state index >= 15 is 0 Å². The Morgan fingerprint density at radius 3 is 2.14 bits per heavy atom. The minimum atomic E-state index is -4.46. The van der Waals surface area contributed by atoms with Crippen LogP contribution in [0.2, 0.25) is 0 Å². The average molecular weight is 307 g/mol. The van der Waals surface area contributed by atoms with Crippen LogP contribution in [0.1, 0.15) is 16.7 Å². The third-order valence-corrected chi connectivity index (χ3v) is 3.05. The summed E-state index contributed by atoms with van der Waals surface area (Å²) in [7, 11) is 0. The number of benzene rings is 2. The van der Waals surface area contributed by atoms with Gasteiger partial charge in [-0.15, -0.1) is 0 Å². The van der Waals surface area contributed by atoms with Gasteiger partial charge < -0.3 is 10.8 Å². The lowest BCUT2D eigenvalue weighted by atomic mass is 10.0. The Kier molecular flexibility index (Phi) is 4.21. The van der Waals surface area contributed by atoms with Crippen molar-refractivity contribution in [1.82, 2.24) is 0 Å². The van der Waals surface area contributed by atoms with Crippen LogP contribution >= 0.6 is 0 Å². The molecule has 0 spiro atoms. The minimum absolute atomic E-state index is 0.133. The lowest BCUT2D eigenvalue weighted by molar-refractivity contribution is -0.137. The van der Waals surface area contributed by atoms with Gasteiger partial charge in [0.15, 0.2) is 0 Å². The van der Waals surface area contributed by atoms with Crippen molar-refractivity contribution >= 4 is 23.3 Å². The summed E-state index contributed by atoms with van der Waals surface area (Å²) in [6.45, 7) is 0. The predicted octanol–water partition coefficient (Wildman–Crippen LogP) is 3.91. The highest BCUT2D eigenvalue weighted by Crippen LogP contribution is 2.30. The van der Waals surface area contributed by atoms with E-state index < -0.39 is 17.7 Å². The van der Waals surface area contributed by atoms with Crippen molar-refractivity contribution < 1.29 is 23.1 Å². The first kappa shape index (κ1) is 15.6. The molecule has 6 heteroatoms. The molecule has 0 heterocycles. The summed E-state index contributed by atoms with van der Waals surface area (Å²) in [6.07, 6.45) is -3.13. The molecule has 0 saturated carbocycles. The van der Waals surface area contributed by atoms with Crippen LogP contribution in [0.3, 0.4) is 0 Å². The zero-order valence-corrected chi connectivity index (χ0v) is 11.3. The first-order chi connectivity index (χ1) is 10.3. The van der Waals surface area contributed by atoms with Crippen LogP contribution in [0.15, 0.2) is 48.5 Å². The number of halogens is 3. The van der Waals surface area contributed by atoms with E-state index in [0.29, 0.717) is 11.3 Å². The van der Waals surface area contributed by atoms with E-state index in [1.807, 2.05) is 0 Å². The third-order valence-electron chi connectivity index (χ3n) is 3.05. The number of hydrogen-bond acceptors (Lipinski definition) is 2. The summed E-state index contributed by atoms with van der Waals surface area (Å²) >= 11 is 0. The van der Waals surface area contributed by atoms with Crippen molar-refractivity contribution in [3.05, 3.63) is 65.2 Å². The number of rotatable bonds is 3. The first-order valence-electron chi connectivity index (χ1n) is 6.26. The third kappa shape index (κ3) is 3.46. The highest BCUT2D eigenvalue weighted by atomic mass is 19.4. The second-order valence-electron chi connectivity index (χ2n) is 4.57. The Bertz CT molecular complexity index is 719. The maximum atomic E-state index is 12.5. The molecule has 3 N–H and O–H groups in total. The fourth-order valence-electron chi connectivity index (χ4n) is 1.91. The zero-order valence-electron chi connectivity index (χ0n) is 11.3. The number of carboxylic acids is 1. The number of hydrogen-bond donors (Lipinski definition) is 2. The second kappa shape index (κ2) is 5.93. The molecule has 0 saturated heterocycles. The second-order valence-corrected chi connectivity index (χ2v) is 4.57. The maximum absolute atomic E-state index is 12.5. The van der Waals surface area contributed by atoms with E-state index in [0.717, 1.165) is 24.3 Å². The Hall–Kier alpha value is -2.76. The van der Waals surface area contributed by atoms with E-state index in [2.05, 4.69) is 0 Å². The van der Waals surface area contributed by atoms with Crippen LogP contribution in [0, 0.1) is 0 Å². The van der Waals surface area contributed by atoms with E-state index in [4.69, 9.17) is 5.73 Å². The van der Waals surface area contributed by atoms with Gasteiger partial charge in [-0.05, 0) is 35.4 Å². The van der Waals surface area contributed by atoms with Gasteiger partial charge in [0, 0.05) is 5.69 Å². The Morgan fingerprint density at radius 1 is 1.05 bits per heavy atom. The normalized spacial score (nSPS) is 12.2. The molecular weight excluding hydrogens is 295 g/mol. The van der Waals surface area contributed by atoms with E-state index in [1.54, 1.807) is 24.3 Å². The summed E-state index contributed by atoms with van der Waals surface area (Å²) in [6, 6.07) is 10.6. The van der Waals surface area contributed by atoms with Gasteiger partial charge in [-0.1, -0.05) is 30.3 Å². The van der Waals surface area contributed by atoms with Crippen LogP contribution in [-0.4, -0.2) is 11.1 Å². The molecule has 22 heavy (non-hydrogen) atoms. The van der Waals surface area contributed by atoms with Crippen molar-refractivity contribution in [2.24, 2.45) is 0 Å². The molecule has 0 aliphatic heterocycles. The topological polar surface area (TPSA) is 63.3 Å². The minimum Gasteiger partial charge on any atom is -0.478 e. The number of alkyl halides is 3. The smallest absolute Gasteiger partial charge is 0.416 e. The van der Waals surface area contributed by atoms with Gasteiger partial charge in [-0.2, -0.15) is 13.2 Å². The van der Waals surface area contributed by atoms with Gasteiger partial charge >= 0.3 is 12.1 Å². The summed E-state index contributed by atoms with van der Waals surface area (Å²) in [5.74, 6) is -1.25. The molecule has 0 unspecified atom stereocenters. The quantitative estimate of drug-likeness (QED) is 0.513. The van der Waals surface area contributed by atoms with Crippen molar-refractivity contribution in [2.75, 3.05) is 5.73 Å². The number of nitrogens with two attached hydrogens (primary N) is 1. The van der Waals surface area contributed by atoms with Crippen LogP contribution < -0.4 is 5.73 Å². The SMILES string of the molecule is Nc1ccccc1/C=C(\C(=O)O)c1ccc(C(F)(F)F)cc1. The number of para-hydroxylation sites is 1. The summed E-state index contributed by atoms with van der Waals surface area (Å²) in [4.78, 5) is 11.4. The first-order valence-corrected chi connectivity index (χ1v) is 6.26. The lowest BCUT2D eigenvalue weighted by Crippen LogP contribution is -2.05. The molecule has 0 aliphatic rings. The number of anilines is 1. The van der Waals surface area contributed by atoms with Crippen molar-refractivity contribution in [1.29, 1.82) is 0 Å². The Balaban J connectivity index is 2.45. The van der Waals surface area contributed by atoms with E-state index in [-0.39, 0.29) is 11.1 Å². The Morgan fingerprint density at radius 2 is 1.64 bits per heavy atom. The molecule has 114 valence electrons. The monoisotopic (exact) mass is 307 g/mol. The highest BCUT2D eigenvalue weighted by Gasteiger charge is 2.30. The van der Waals surface area contributed by atoms with Gasteiger partial charge in [0.1, 0.15) is 0 Å². The molecular formula is C16H12F3NO2. The molecule has 0 aliphatic carbocycles. The van der Waals surface area contributed by atoms with Gasteiger partial charge in [-0.3, -0.25) is 0 Å². The van der Waals surface area contributed by atoms with Gasteiger partial charge in [-0.25, -0.2) is 4.79 Å². The summed E-state index contributed by atoms with van der Waals surface area (Å²) < 4.78 is 37.6. The zero-order chi connectivity index (χ0) is 16.3. The van der Waals surface area contributed by atoms with Crippen LogP contribution in [0.4, 0.5) is 18.9 Å². The molecule has 0 bridgehead atoms. The Labute approximate surface area is 124 Å². The van der Waals surface area contributed by atoms with Crippen molar-refractivity contribution in [2.45, 2.75) is 6.18 Å². The molecule has 3 nitrogen and oxygen atoms in total. The van der Waals surface area contributed by atoms with Crippen LogP contribution in [0.5, 0.6) is 0 Å². The number of aliphatic carboxylic acids is 1. The number of nitrogen functional groups attached to an aromatic ring is 1. The van der Waals surface area contributed by atoms with Crippen LogP contribution in [0.25, 0.3) is 11.6 Å². The van der Waals surface area contributed by atoms with E-state index in [9.17, 15) is 23.1 Å². The summed E-state index contributed by atoms with van der Waals surface area (Å²) in [5.41, 5.74) is 5.81. The molecule has 0 aromatic heterocycles. The predicted molar refractivity (Wildman–Crippen MR) is 77.8 cm³/mol. The van der Waals surface area contributed by atoms with Crippen molar-refractivity contribution in [3.8, 4) is 0 Å². The molecule has 0 amide bonds. The van der Waals surface area contributed by atoms with Crippen LogP contribution in [-0.2, 0) is 11.0 Å². The molecule has 0 fully saturated rings. The molecule has 0 radical (unpaired) electrons. The molecule has 2 rings (SSSR count). The fourth-order valence-corrected chi connectivity index (χ4v) is 1.91. The van der Waals surface area contributed by atoms with Crippen molar-refractivity contribution in [3.63, 3.8) is 0 Å².